The van der Waals surface area contributed by atoms with Crippen LogP contribution < -0.4 is 5.32 Å². The van der Waals surface area contributed by atoms with E-state index >= 15 is 0 Å². The molecular formula is C8H14N2. The summed E-state index contributed by atoms with van der Waals surface area (Å²) in [5, 5.41) is 3.30. The normalized spacial score (nSPS) is 23.4. The summed E-state index contributed by atoms with van der Waals surface area (Å²) in [7, 11) is 1.82. The Kier molecular flexibility index (Phi) is 2.49. The first-order valence-electron chi connectivity index (χ1n) is 3.71. The summed E-state index contributed by atoms with van der Waals surface area (Å²) < 4.78 is 0. The summed E-state index contributed by atoms with van der Waals surface area (Å²) in [6, 6.07) is 0. The van der Waals surface area contributed by atoms with Crippen LogP contribution in [0.2, 0.25) is 0 Å². The monoisotopic (exact) mass is 138 g/mol. The van der Waals surface area contributed by atoms with E-state index in [9.17, 15) is 0 Å². The lowest BCUT2D eigenvalue weighted by Gasteiger charge is -1.96. The van der Waals surface area contributed by atoms with Crippen LogP contribution in [0.5, 0.6) is 0 Å². The summed E-state index contributed by atoms with van der Waals surface area (Å²) in [5.41, 5.74) is 2.44. The van der Waals surface area contributed by atoms with Gasteiger partial charge in [-0.25, -0.2) is 0 Å². The fourth-order valence-electron chi connectivity index (χ4n) is 1.06. The minimum atomic E-state index is 1.10. The third-order valence-corrected chi connectivity index (χ3v) is 1.71. The van der Waals surface area contributed by atoms with Crippen molar-refractivity contribution in [3.63, 3.8) is 0 Å². The molecule has 0 aliphatic carbocycles. The fraction of sp³-hybridized carbons (Fsp3) is 0.625. The molecule has 10 heavy (non-hydrogen) atoms. The average Bonchev–Trinajstić information content (AvgIpc) is 2.40. The van der Waals surface area contributed by atoms with E-state index in [0.29, 0.717) is 0 Å². The molecule has 2 heteroatoms. The van der Waals surface area contributed by atoms with Gasteiger partial charge in [-0.1, -0.05) is 0 Å². The highest BCUT2D eigenvalue weighted by Crippen LogP contribution is 2.07. The molecule has 56 valence electrons. The van der Waals surface area contributed by atoms with Crippen molar-refractivity contribution in [1.29, 1.82) is 0 Å². The Bertz CT molecular complexity index is 160. The third kappa shape index (κ3) is 1.87. The number of allylic oxidation sites excluding steroid dienone is 2. The van der Waals surface area contributed by atoms with Crippen molar-refractivity contribution in [3.8, 4) is 0 Å². The molecule has 1 rings (SSSR count). The zero-order valence-corrected chi connectivity index (χ0v) is 6.65. The zero-order valence-electron chi connectivity index (χ0n) is 6.65. The third-order valence-electron chi connectivity index (χ3n) is 1.71. The molecule has 1 heterocycles. The Labute approximate surface area is 62.0 Å². The number of rotatable bonds is 1. The molecule has 0 bridgehead atoms. The molecule has 1 N–H and O–H groups in total. The van der Waals surface area contributed by atoms with Gasteiger partial charge in [-0.3, -0.25) is 4.99 Å². The first-order chi connectivity index (χ1) is 4.83. The number of hydrogen-bond acceptors (Lipinski definition) is 2. The van der Waals surface area contributed by atoms with Gasteiger partial charge in [0.1, 0.15) is 0 Å². The van der Waals surface area contributed by atoms with Gasteiger partial charge in [0.2, 0.25) is 0 Å². The molecule has 0 aromatic rings. The summed E-state index contributed by atoms with van der Waals surface area (Å²) in [4.78, 5) is 4.05. The standard InChI is InChI=1S/C8H14N2/c1-7(9-2)6-8-4-3-5-10-8/h6,10H,3-5H2,1-2H3. The number of aliphatic imine (C=N–C) groups is 1. The van der Waals surface area contributed by atoms with Crippen LogP contribution in [0.4, 0.5) is 0 Å². The van der Waals surface area contributed by atoms with Gasteiger partial charge >= 0.3 is 0 Å². The molecule has 2 nitrogen and oxygen atoms in total. The average molecular weight is 138 g/mol. The first kappa shape index (κ1) is 7.32. The van der Waals surface area contributed by atoms with E-state index in [1.165, 1.54) is 18.5 Å². The lowest BCUT2D eigenvalue weighted by atomic mass is 10.2. The van der Waals surface area contributed by atoms with Crippen molar-refractivity contribution in [2.24, 2.45) is 4.99 Å². The summed E-state index contributed by atoms with van der Waals surface area (Å²) in [6.07, 6.45) is 4.57. The van der Waals surface area contributed by atoms with Crippen LogP contribution in [0.3, 0.4) is 0 Å². The van der Waals surface area contributed by atoms with Crippen LogP contribution in [0.15, 0.2) is 16.8 Å². The van der Waals surface area contributed by atoms with Crippen LogP contribution in [0, 0.1) is 0 Å². The fourth-order valence-corrected chi connectivity index (χ4v) is 1.06. The second-order valence-corrected chi connectivity index (χ2v) is 2.56. The maximum absolute atomic E-state index is 4.05. The molecule has 0 aromatic heterocycles. The molecule has 0 unspecified atom stereocenters. The van der Waals surface area contributed by atoms with E-state index in [1.54, 1.807) is 0 Å². The highest BCUT2D eigenvalue weighted by Gasteiger charge is 2.03. The smallest absolute Gasteiger partial charge is 0.0331 e. The van der Waals surface area contributed by atoms with Gasteiger partial charge in [-0.05, 0) is 25.8 Å². The Morgan fingerprint density at radius 3 is 3.00 bits per heavy atom. The van der Waals surface area contributed by atoms with Gasteiger partial charge < -0.3 is 5.32 Å². The predicted octanol–water partition coefficient (Wildman–Crippen LogP) is 1.34. The lowest BCUT2D eigenvalue weighted by Crippen LogP contribution is -2.04. The largest absolute Gasteiger partial charge is 0.388 e. The second kappa shape index (κ2) is 3.40. The van der Waals surface area contributed by atoms with E-state index in [4.69, 9.17) is 0 Å². The molecule has 1 aliphatic heterocycles. The van der Waals surface area contributed by atoms with Gasteiger partial charge in [0.05, 0.1) is 0 Å². The SMILES string of the molecule is CN=C(C)C=C1CCCN1. The van der Waals surface area contributed by atoms with Crippen LogP contribution >= 0.6 is 0 Å². The molecular weight excluding hydrogens is 124 g/mol. The summed E-state index contributed by atoms with van der Waals surface area (Å²) in [5.74, 6) is 0. The van der Waals surface area contributed by atoms with Gasteiger partial charge in [0, 0.05) is 25.0 Å². The van der Waals surface area contributed by atoms with Crippen LogP contribution in [0.25, 0.3) is 0 Å². The van der Waals surface area contributed by atoms with E-state index in [1.807, 2.05) is 14.0 Å². The molecule has 0 radical (unpaired) electrons. The minimum absolute atomic E-state index is 1.10. The molecule has 0 atom stereocenters. The van der Waals surface area contributed by atoms with Crippen molar-refractivity contribution in [1.82, 2.24) is 5.32 Å². The van der Waals surface area contributed by atoms with Gasteiger partial charge in [-0.2, -0.15) is 0 Å². The van der Waals surface area contributed by atoms with Crippen LogP contribution in [-0.4, -0.2) is 19.3 Å². The summed E-state index contributed by atoms with van der Waals surface area (Å²) in [6.45, 7) is 3.15. The highest BCUT2D eigenvalue weighted by molar-refractivity contribution is 5.93. The van der Waals surface area contributed by atoms with Crippen molar-refractivity contribution in [3.05, 3.63) is 11.8 Å². The van der Waals surface area contributed by atoms with Crippen molar-refractivity contribution >= 4 is 5.71 Å². The van der Waals surface area contributed by atoms with Crippen molar-refractivity contribution in [2.45, 2.75) is 19.8 Å². The van der Waals surface area contributed by atoms with Gasteiger partial charge in [0.15, 0.2) is 0 Å². The van der Waals surface area contributed by atoms with Crippen LogP contribution in [0.1, 0.15) is 19.8 Å². The second-order valence-electron chi connectivity index (χ2n) is 2.56. The Balaban J connectivity index is 2.53. The summed E-state index contributed by atoms with van der Waals surface area (Å²) >= 11 is 0. The maximum atomic E-state index is 4.05. The van der Waals surface area contributed by atoms with Crippen molar-refractivity contribution in [2.75, 3.05) is 13.6 Å². The lowest BCUT2D eigenvalue weighted by molar-refractivity contribution is 0.904. The van der Waals surface area contributed by atoms with E-state index in [2.05, 4.69) is 16.4 Å². The Hall–Kier alpha value is -0.790. The highest BCUT2D eigenvalue weighted by atomic mass is 14.9. The zero-order chi connectivity index (χ0) is 7.40. The molecule has 1 fully saturated rings. The van der Waals surface area contributed by atoms with Crippen molar-refractivity contribution < 1.29 is 0 Å². The number of nitrogens with one attached hydrogen (secondary N) is 1. The topological polar surface area (TPSA) is 24.4 Å². The van der Waals surface area contributed by atoms with E-state index in [-0.39, 0.29) is 0 Å². The Morgan fingerprint density at radius 1 is 1.70 bits per heavy atom. The molecule has 1 aliphatic rings. The van der Waals surface area contributed by atoms with E-state index in [0.717, 1.165) is 12.3 Å². The molecule has 0 spiro atoms. The molecule has 0 aromatic carbocycles. The number of hydrogen-bond donors (Lipinski definition) is 1. The van der Waals surface area contributed by atoms with Gasteiger partial charge in [0.25, 0.3) is 0 Å². The number of nitrogens with zero attached hydrogens (tertiary/aromatic N) is 1. The Morgan fingerprint density at radius 2 is 2.50 bits per heavy atom. The molecule has 0 saturated carbocycles. The molecule has 1 saturated heterocycles. The quantitative estimate of drug-likeness (QED) is 0.543. The molecule has 0 amide bonds. The maximum Gasteiger partial charge on any atom is 0.0331 e. The van der Waals surface area contributed by atoms with E-state index < -0.39 is 0 Å². The first-order valence-corrected chi connectivity index (χ1v) is 3.71. The van der Waals surface area contributed by atoms with Crippen LogP contribution in [-0.2, 0) is 0 Å². The van der Waals surface area contributed by atoms with Gasteiger partial charge in [-0.15, -0.1) is 0 Å². The minimum Gasteiger partial charge on any atom is -0.388 e. The predicted molar refractivity (Wildman–Crippen MR) is 44.4 cm³/mol.